The first-order valence-corrected chi connectivity index (χ1v) is 11.7. The fraction of sp³-hybridized carbons (Fsp3) is 0.400. The van der Waals surface area contributed by atoms with Crippen LogP contribution >= 0.6 is 0 Å². The van der Waals surface area contributed by atoms with Crippen molar-refractivity contribution in [2.24, 2.45) is 13.0 Å². The fourth-order valence-corrected chi connectivity index (χ4v) is 6.68. The van der Waals surface area contributed by atoms with Gasteiger partial charge in [0.05, 0.1) is 47.2 Å². The minimum Gasteiger partial charge on any atom is -0.390 e. The third-order valence-electron chi connectivity index (χ3n) is 7.85. The molecule has 2 aliphatic heterocycles. The van der Waals surface area contributed by atoms with Crippen LogP contribution in [0.4, 0.5) is 5.82 Å². The SMILES string of the molecule is Cn1cc(-c2cc(-c3cnc(N4[C@@H]5C[C@@H]6C[C@H]4C[C@@](O)(C6)C5)cn3)c3c(C#N)cnn3c2)cn1. The Kier molecular flexibility index (Phi) is 3.98. The Labute approximate surface area is 196 Å². The minimum absolute atomic E-state index is 0.331. The molecular formula is C25H24N8O. The van der Waals surface area contributed by atoms with E-state index in [4.69, 9.17) is 9.97 Å². The number of aliphatic hydroxyl groups is 1. The van der Waals surface area contributed by atoms with E-state index in [1.165, 1.54) is 0 Å². The molecule has 4 aromatic heterocycles. The maximum atomic E-state index is 10.9. The third-order valence-corrected chi connectivity index (χ3v) is 7.85. The van der Waals surface area contributed by atoms with E-state index in [-0.39, 0.29) is 0 Å². The second-order valence-electron chi connectivity index (χ2n) is 10.2. The van der Waals surface area contributed by atoms with Gasteiger partial charge in [-0.05, 0) is 44.1 Å². The summed E-state index contributed by atoms with van der Waals surface area (Å²) in [5.41, 5.74) is 4.12. The summed E-state index contributed by atoms with van der Waals surface area (Å²) in [6, 6.07) is 4.93. The zero-order valence-corrected chi connectivity index (χ0v) is 18.8. The molecule has 2 saturated heterocycles. The Morgan fingerprint density at radius 1 is 1.00 bits per heavy atom. The van der Waals surface area contributed by atoms with Crippen LogP contribution in [0.3, 0.4) is 0 Å². The highest BCUT2D eigenvalue weighted by Gasteiger charge is 2.54. The van der Waals surface area contributed by atoms with Crippen LogP contribution in [0.5, 0.6) is 0 Å². The molecule has 0 spiro atoms. The van der Waals surface area contributed by atoms with Gasteiger partial charge in [0.2, 0.25) is 0 Å². The molecule has 4 bridgehead atoms. The average Bonchev–Trinajstić information content (AvgIpc) is 3.43. The van der Waals surface area contributed by atoms with Gasteiger partial charge in [-0.1, -0.05) is 0 Å². The van der Waals surface area contributed by atoms with Crippen LogP contribution in [-0.2, 0) is 7.05 Å². The summed E-state index contributed by atoms with van der Waals surface area (Å²) in [4.78, 5) is 12.0. The molecule has 34 heavy (non-hydrogen) atoms. The molecule has 4 aliphatic rings. The van der Waals surface area contributed by atoms with Gasteiger partial charge in [0.15, 0.2) is 0 Å². The lowest BCUT2D eigenvalue weighted by Crippen LogP contribution is -2.64. The number of rotatable bonds is 3. The van der Waals surface area contributed by atoms with Crippen LogP contribution in [0, 0.1) is 17.2 Å². The second kappa shape index (κ2) is 6.87. The topological polar surface area (TPSA) is 108 Å². The molecule has 4 aromatic rings. The van der Waals surface area contributed by atoms with E-state index in [0.29, 0.717) is 34.8 Å². The molecule has 0 radical (unpaired) electrons. The maximum absolute atomic E-state index is 10.9. The molecule has 6 heterocycles. The van der Waals surface area contributed by atoms with Crippen LogP contribution in [0.15, 0.2) is 43.2 Å². The Balaban J connectivity index is 1.30. The molecule has 8 rings (SSSR count). The highest BCUT2D eigenvalue weighted by Crippen LogP contribution is 2.52. The molecule has 4 fully saturated rings. The maximum Gasteiger partial charge on any atom is 0.147 e. The first-order chi connectivity index (χ1) is 16.5. The van der Waals surface area contributed by atoms with Gasteiger partial charge in [0, 0.05) is 48.2 Å². The monoisotopic (exact) mass is 452 g/mol. The van der Waals surface area contributed by atoms with Gasteiger partial charge in [-0.25, -0.2) is 9.50 Å². The summed E-state index contributed by atoms with van der Waals surface area (Å²) in [5.74, 6) is 1.50. The Morgan fingerprint density at radius 2 is 1.82 bits per heavy atom. The van der Waals surface area contributed by atoms with Crippen LogP contribution in [-0.4, -0.2) is 52.2 Å². The summed E-state index contributed by atoms with van der Waals surface area (Å²) in [6.45, 7) is 0. The average molecular weight is 453 g/mol. The van der Waals surface area contributed by atoms with E-state index in [0.717, 1.165) is 54.6 Å². The molecular weight excluding hydrogens is 428 g/mol. The van der Waals surface area contributed by atoms with Crippen molar-refractivity contribution in [3.8, 4) is 28.5 Å². The van der Waals surface area contributed by atoms with Crippen LogP contribution in [0.2, 0.25) is 0 Å². The van der Waals surface area contributed by atoms with Gasteiger partial charge >= 0.3 is 0 Å². The number of pyridine rings is 1. The van der Waals surface area contributed by atoms with Gasteiger partial charge in [0.25, 0.3) is 0 Å². The number of nitrogens with zero attached hydrogens (tertiary/aromatic N) is 8. The van der Waals surface area contributed by atoms with Crippen molar-refractivity contribution >= 4 is 11.3 Å². The number of hydrogen-bond donors (Lipinski definition) is 1. The molecule has 0 amide bonds. The van der Waals surface area contributed by atoms with E-state index in [1.807, 2.05) is 37.9 Å². The van der Waals surface area contributed by atoms with Crippen molar-refractivity contribution in [1.29, 1.82) is 5.26 Å². The van der Waals surface area contributed by atoms with Crippen molar-refractivity contribution in [3.63, 3.8) is 0 Å². The van der Waals surface area contributed by atoms with Crippen LogP contribution in [0.1, 0.15) is 37.7 Å². The quantitative estimate of drug-likeness (QED) is 0.509. The number of nitriles is 1. The molecule has 4 atom stereocenters. The van der Waals surface area contributed by atoms with Gasteiger partial charge in [-0.3, -0.25) is 9.67 Å². The number of aromatic nitrogens is 6. The van der Waals surface area contributed by atoms with Gasteiger partial charge in [-0.2, -0.15) is 15.5 Å². The predicted molar refractivity (Wildman–Crippen MR) is 125 cm³/mol. The Bertz CT molecular complexity index is 1450. The molecule has 2 saturated carbocycles. The van der Waals surface area contributed by atoms with E-state index in [1.54, 1.807) is 21.6 Å². The number of aryl methyl sites for hydroxylation is 1. The summed E-state index contributed by atoms with van der Waals surface area (Å²) < 4.78 is 3.49. The van der Waals surface area contributed by atoms with E-state index in [2.05, 4.69) is 21.2 Å². The highest BCUT2D eigenvalue weighted by atomic mass is 16.3. The highest BCUT2D eigenvalue weighted by molar-refractivity contribution is 5.86. The Hall–Kier alpha value is -3.77. The van der Waals surface area contributed by atoms with Crippen molar-refractivity contribution in [2.75, 3.05) is 4.90 Å². The summed E-state index contributed by atoms with van der Waals surface area (Å²) in [7, 11) is 1.88. The largest absolute Gasteiger partial charge is 0.390 e. The molecule has 0 unspecified atom stereocenters. The van der Waals surface area contributed by atoms with Crippen LogP contribution < -0.4 is 4.90 Å². The summed E-state index contributed by atoms with van der Waals surface area (Å²) in [6.07, 6.45) is 15.7. The van der Waals surface area contributed by atoms with E-state index in [9.17, 15) is 10.4 Å². The standard InChI is InChI=1S/C25H24N8O/c1-31-13-18(10-29-31)16-4-21(24-17(8-26)9-30-32(24)14-16)22-11-28-23(12-27-22)33-19-2-15-3-20(33)7-25(34,5-15)6-19/h4,9-15,19-20,34H,2-3,5-7H2,1H3/t15-,19-,20+,25-. The number of piperidine rings is 2. The zero-order chi connectivity index (χ0) is 23.0. The zero-order valence-electron chi connectivity index (χ0n) is 18.8. The second-order valence-corrected chi connectivity index (χ2v) is 10.2. The van der Waals surface area contributed by atoms with Crippen molar-refractivity contribution in [2.45, 2.75) is 49.8 Å². The predicted octanol–water partition coefficient (Wildman–Crippen LogP) is 2.95. The number of anilines is 1. The number of hydrogen-bond acceptors (Lipinski definition) is 7. The molecule has 170 valence electrons. The van der Waals surface area contributed by atoms with E-state index >= 15 is 0 Å². The molecule has 1 N–H and O–H groups in total. The normalized spacial score (nSPS) is 27.4. The molecule has 2 aliphatic carbocycles. The molecule has 9 heteroatoms. The first kappa shape index (κ1) is 19.7. The van der Waals surface area contributed by atoms with Gasteiger partial charge in [0.1, 0.15) is 11.9 Å². The lowest BCUT2D eigenvalue weighted by Gasteiger charge is -2.60. The molecule has 0 aromatic carbocycles. The molecule has 9 nitrogen and oxygen atoms in total. The fourth-order valence-electron chi connectivity index (χ4n) is 6.68. The lowest BCUT2D eigenvalue weighted by molar-refractivity contribution is -0.0872. The minimum atomic E-state index is -0.492. The third kappa shape index (κ3) is 2.88. The van der Waals surface area contributed by atoms with Gasteiger partial charge in [-0.15, -0.1) is 0 Å². The Morgan fingerprint density at radius 3 is 2.47 bits per heavy atom. The smallest absolute Gasteiger partial charge is 0.147 e. The summed E-state index contributed by atoms with van der Waals surface area (Å²) in [5, 5.41) is 29.3. The van der Waals surface area contributed by atoms with E-state index < -0.39 is 5.60 Å². The number of fused-ring (bicyclic) bond motifs is 1. The van der Waals surface area contributed by atoms with Crippen molar-refractivity contribution in [1.82, 2.24) is 29.4 Å². The summed E-state index contributed by atoms with van der Waals surface area (Å²) >= 11 is 0. The van der Waals surface area contributed by atoms with Gasteiger partial charge < -0.3 is 10.0 Å². The van der Waals surface area contributed by atoms with Crippen molar-refractivity contribution in [3.05, 3.63) is 48.8 Å². The lowest BCUT2D eigenvalue weighted by atomic mass is 9.61. The first-order valence-electron chi connectivity index (χ1n) is 11.7. The van der Waals surface area contributed by atoms with Crippen LogP contribution in [0.25, 0.3) is 27.9 Å². The van der Waals surface area contributed by atoms with Crippen molar-refractivity contribution < 1.29 is 5.11 Å².